The smallest absolute Gasteiger partial charge is 0.173 e. The Hall–Kier alpha value is -2.67. The van der Waals surface area contributed by atoms with Gasteiger partial charge in [-0.15, -0.1) is 0 Å². The average molecular weight is 225 g/mol. The maximum Gasteiger partial charge on any atom is 0.173 e. The molecule has 84 valence electrons. The Bertz CT molecular complexity index is 567. The fourth-order valence-corrected chi connectivity index (χ4v) is 1.45. The van der Waals surface area contributed by atoms with Crippen molar-refractivity contribution in [1.82, 2.24) is 0 Å². The summed E-state index contributed by atoms with van der Waals surface area (Å²) in [5, 5.41) is 8.94. The standard InChI is InChI=1S/C13H11N3O/c14-8-9-4-1-2-7-12(9)17-13-10(15)5-3-6-11(13)16/h1-7H,15-16H2. The molecule has 0 aliphatic rings. The number of ether oxygens (including phenoxy) is 1. The highest BCUT2D eigenvalue weighted by Crippen LogP contribution is 2.34. The predicted octanol–water partition coefficient (Wildman–Crippen LogP) is 2.51. The topological polar surface area (TPSA) is 85.1 Å². The molecule has 0 aromatic heterocycles. The first-order chi connectivity index (χ1) is 8.22. The van der Waals surface area contributed by atoms with E-state index in [1.54, 1.807) is 42.5 Å². The van der Waals surface area contributed by atoms with Gasteiger partial charge in [-0.2, -0.15) is 5.26 Å². The van der Waals surface area contributed by atoms with Gasteiger partial charge in [-0.1, -0.05) is 18.2 Å². The molecule has 0 radical (unpaired) electrons. The Labute approximate surface area is 99.0 Å². The zero-order valence-corrected chi connectivity index (χ0v) is 9.05. The number of rotatable bonds is 2. The van der Waals surface area contributed by atoms with Crippen LogP contribution in [0.3, 0.4) is 0 Å². The molecule has 4 nitrogen and oxygen atoms in total. The summed E-state index contributed by atoms with van der Waals surface area (Å²) in [6.07, 6.45) is 0. The molecule has 0 atom stereocenters. The molecule has 2 aromatic carbocycles. The highest BCUT2D eigenvalue weighted by Gasteiger charge is 2.08. The van der Waals surface area contributed by atoms with Gasteiger partial charge in [0.05, 0.1) is 16.9 Å². The fraction of sp³-hybridized carbons (Fsp3) is 0. The quantitative estimate of drug-likeness (QED) is 0.769. The van der Waals surface area contributed by atoms with Crippen molar-refractivity contribution < 1.29 is 4.74 Å². The van der Waals surface area contributed by atoms with E-state index in [2.05, 4.69) is 0 Å². The van der Waals surface area contributed by atoms with Crippen molar-refractivity contribution in [2.75, 3.05) is 11.5 Å². The third kappa shape index (κ3) is 2.13. The van der Waals surface area contributed by atoms with Crippen LogP contribution in [0.1, 0.15) is 5.56 Å². The second kappa shape index (κ2) is 4.45. The van der Waals surface area contributed by atoms with E-state index >= 15 is 0 Å². The molecule has 0 aliphatic carbocycles. The van der Waals surface area contributed by atoms with E-state index in [0.717, 1.165) is 0 Å². The Kier molecular flexibility index (Phi) is 2.84. The number of nitrogens with two attached hydrogens (primary N) is 2. The molecule has 0 unspecified atom stereocenters. The van der Waals surface area contributed by atoms with Crippen LogP contribution in [0.4, 0.5) is 11.4 Å². The van der Waals surface area contributed by atoms with E-state index < -0.39 is 0 Å². The molecule has 17 heavy (non-hydrogen) atoms. The van der Waals surface area contributed by atoms with Gasteiger partial charge in [0.1, 0.15) is 11.8 Å². The normalized spacial score (nSPS) is 9.59. The van der Waals surface area contributed by atoms with Crippen LogP contribution in [0.2, 0.25) is 0 Å². The van der Waals surface area contributed by atoms with Crippen molar-refractivity contribution in [3.8, 4) is 17.6 Å². The van der Waals surface area contributed by atoms with E-state index in [4.69, 9.17) is 21.5 Å². The summed E-state index contributed by atoms with van der Waals surface area (Å²) in [6.45, 7) is 0. The molecule has 4 N–H and O–H groups in total. The summed E-state index contributed by atoms with van der Waals surface area (Å²) in [7, 11) is 0. The predicted molar refractivity (Wildman–Crippen MR) is 66.5 cm³/mol. The lowest BCUT2D eigenvalue weighted by Gasteiger charge is -2.11. The van der Waals surface area contributed by atoms with E-state index in [1.165, 1.54) is 0 Å². The summed E-state index contributed by atoms with van der Waals surface area (Å²) in [5.74, 6) is 0.829. The number of hydrogen-bond donors (Lipinski definition) is 2. The zero-order chi connectivity index (χ0) is 12.3. The third-order valence-electron chi connectivity index (χ3n) is 2.30. The maximum absolute atomic E-state index is 8.94. The monoisotopic (exact) mass is 225 g/mol. The molecule has 4 heteroatoms. The first kappa shape index (κ1) is 10.8. The fourth-order valence-electron chi connectivity index (χ4n) is 1.45. The van der Waals surface area contributed by atoms with Gasteiger partial charge < -0.3 is 16.2 Å². The minimum atomic E-state index is 0.384. The van der Waals surface area contributed by atoms with Crippen molar-refractivity contribution in [2.24, 2.45) is 0 Å². The number of benzene rings is 2. The van der Waals surface area contributed by atoms with E-state index in [1.807, 2.05) is 6.07 Å². The first-order valence-corrected chi connectivity index (χ1v) is 5.03. The Morgan fingerprint density at radius 3 is 2.24 bits per heavy atom. The molecule has 0 heterocycles. The highest BCUT2D eigenvalue weighted by atomic mass is 16.5. The minimum Gasteiger partial charge on any atom is -0.452 e. The van der Waals surface area contributed by atoms with Gasteiger partial charge in [0.15, 0.2) is 5.75 Å². The average Bonchev–Trinajstić information content (AvgIpc) is 2.34. The molecular weight excluding hydrogens is 214 g/mol. The van der Waals surface area contributed by atoms with Crippen molar-refractivity contribution in [2.45, 2.75) is 0 Å². The lowest BCUT2D eigenvalue weighted by Crippen LogP contribution is -1.97. The van der Waals surface area contributed by atoms with Gasteiger partial charge in [-0.3, -0.25) is 0 Å². The van der Waals surface area contributed by atoms with Crippen LogP contribution < -0.4 is 16.2 Å². The zero-order valence-electron chi connectivity index (χ0n) is 9.05. The molecule has 0 bridgehead atoms. The number of para-hydroxylation sites is 2. The van der Waals surface area contributed by atoms with Crippen LogP contribution in [-0.4, -0.2) is 0 Å². The Balaban J connectivity index is 2.42. The highest BCUT2D eigenvalue weighted by molar-refractivity contribution is 5.68. The van der Waals surface area contributed by atoms with Gasteiger partial charge in [-0.05, 0) is 24.3 Å². The minimum absolute atomic E-state index is 0.384. The molecule has 0 saturated heterocycles. The number of anilines is 2. The lowest BCUT2D eigenvalue weighted by molar-refractivity contribution is 0.486. The second-order valence-corrected chi connectivity index (χ2v) is 3.48. The van der Waals surface area contributed by atoms with Crippen molar-refractivity contribution >= 4 is 11.4 Å². The molecule has 0 aliphatic heterocycles. The summed E-state index contributed by atoms with van der Waals surface area (Å²) in [5.41, 5.74) is 12.9. The largest absolute Gasteiger partial charge is 0.452 e. The van der Waals surface area contributed by atoms with Gasteiger partial charge in [0.25, 0.3) is 0 Å². The molecular formula is C13H11N3O. The van der Waals surface area contributed by atoms with Crippen LogP contribution >= 0.6 is 0 Å². The summed E-state index contributed by atoms with van der Waals surface area (Å²) in [6, 6.07) is 14.1. The Morgan fingerprint density at radius 1 is 0.941 bits per heavy atom. The lowest BCUT2D eigenvalue weighted by atomic mass is 10.2. The maximum atomic E-state index is 8.94. The number of nitrogen functional groups attached to an aromatic ring is 2. The van der Waals surface area contributed by atoms with Crippen LogP contribution in [0.25, 0.3) is 0 Å². The van der Waals surface area contributed by atoms with Crippen molar-refractivity contribution in [3.63, 3.8) is 0 Å². The number of hydrogen-bond acceptors (Lipinski definition) is 4. The molecule has 2 rings (SSSR count). The first-order valence-electron chi connectivity index (χ1n) is 5.03. The third-order valence-corrected chi connectivity index (χ3v) is 2.30. The van der Waals surface area contributed by atoms with Gasteiger partial charge >= 0.3 is 0 Å². The van der Waals surface area contributed by atoms with Crippen molar-refractivity contribution in [1.29, 1.82) is 5.26 Å². The van der Waals surface area contributed by atoms with E-state index in [0.29, 0.717) is 28.4 Å². The van der Waals surface area contributed by atoms with Gasteiger partial charge in [0.2, 0.25) is 0 Å². The van der Waals surface area contributed by atoms with Crippen LogP contribution in [0.15, 0.2) is 42.5 Å². The molecule has 0 amide bonds. The van der Waals surface area contributed by atoms with Gasteiger partial charge in [0, 0.05) is 0 Å². The summed E-state index contributed by atoms with van der Waals surface area (Å²) >= 11 is 0. The van der Waals surface area contributed by atoms with E-state index in [9.17, 15) is 0 Å². The molecule has 0 saturated carbocycles. The number of nitriles is 1. The molecule has 0 fully saturated rings. The molecule has 2 aromatic rings. The second-order valence-electron chi connectivity index (χ2n) is 3.48. The molecule has 0 spiro atoms. The van der Waals surface area contributed by atoms with Gasteiger partial charge in [-0.25, -0.2) is 0 Å². The van der Waals surface area contributed by atoms with E-state index in [-0.39, 0.29) is 0 Å². The SMILES string of the molecule is N#Cc1ccccc1Oc1c(N)cccc1N. The van der Waals surface area contributed by atoms with Crippen LogP contribution in [0.5, 0.6) is 11.5 Å². The summed E-state index contributed by atoms with van der Waals surface area (Å²) < 4.78 is 5.59. The van der Waals surface area contributed by atoms with Crippen LogP contribution in [-0.2, 0) is 0 Å². The number of nitrogens with zero attached hydrogens (tertiary/aromatic N) is 1. The summed E-state index contributed by atoms with van der Waals surface area (Å²) in [4.78, 5) is 0. The Morgan fingerprint density at radius 2 is 1.59 bits per heavy atom. The van der Waals surface area contributed by atoms with Crippen molar-refractivity contribution in [3.05, 3.63) is 48.0 Å². The van der Waals surface area contributed by atoms with Crippen LogP contribution in [0, 0.1) is 11.3 Å².